The van der Waals surface area contributed by atoms with E-state index in [4.69, 9.17) is 0 Å². The Balaban J connectivity index is 0.00000323. The Kier molecular flexibility index (Phi) is 8.01. The van der Waals surface area contributed by atoms with Crippen LogP contribution in [-0.4, -0.2) is 36.7 Å². The third kappa shape index (κ3) is 5.37. The first kappa shape index (κ1) is 27.2. The molecular formula is C33H30ClN3O3. The number of amides is 2. The van der Waals surface area contributed by atoms with E-state index >= 15 is 0 Å². The van der Waals surface area contributed by atoms with Crippen LogP contribution in [-0.2, 0) is 0 Å². The molecule has 40 heavy (non-hydrogen) atoms. The molecule has 6 nitrogen and oxygen atoms in total. The topological polar surface area (TPSA) is 81.7 Å². The van der Waals surface area contributed by atoms with Crippen molar-refractivity contribution in [3.05, 3.63) is 125 Å². The zero-order valence-corrected chi connectivity index (χ0v) is 22.7. The highest BCUT2D eigenvalue weighted by molar-refractivity contribution is 6.07. The molecule has 6 rings (SSSR count). The number of anilines is 2. The number of rotatable bonds is 6. The van der Waals surface area contributed by atoms with Crippen LogP contribution in [0.15, 0.2) is 103 Å². The maximum Gasteiger partial charge on any atom is 0.411 e. The fourth-order valence-corrected chi connectivity index (χ4v) is 5.60. The van der Waals surface area contributed by atoms with Gasteiger partial charge in [-0.05, 0) is 65.0 Å². The minimum absolute atomic E-state index is 0. The van der Waals surface area contributed by atoms with Crippen LogP contribution in [0.1, 0.15) is 39.4 Å². The average molecular weight is 552 g/mol. The lowest BCUT2D eigenvalue weighted by molar-refractivity contribution is 0.102. The lowest BCUT2D eigenvalue weighted by Gasteiger charge is -2.26. The Morgan fingerprint density at radius 3 is 2.12 bits per heavy atom. The second-order valence-electron chi connectivity index (χ2n) is 9.94. The maximum absolute atomic E-state index is 13.2. The van der Waals surface area contributed by atoms with Gasteiger partial charge in [-0.25, -0.2) is 4.79 Å². The number of hydrogen-bond donors (Lipinski definition) is 3. The van der Waals surface area contributed by atoms with E-state index in [0.717, 1.165) is 47.3 Å². The summed E-state index contributed by atoms with van der Waals surface area (Å²) >= 11 is 0. The van der Waals surface area contributed by atoms with Gasteiger partial charge < -0.3 is 15.7 Å². The highest BCUT2D eigenvalue weighted by atomic mass is 35.5. The first-order valence-electron chi connectivity index (χ1n) is 13.2. The minimum atomic E-state index is -1.07. The Morgan fingerprint density at radius 2 is 1.50 bits per heavy atom. The number of halogens is 1. The largest absolute Gasteiger partial charge is 0.465 e. The number of fused-ring (bicyclic) bond motifs is 3. The SMILES string of the molecule is Cl.O=C(Nc1ccccc1N(CC1c2ccccc2-c2ccccc21)C(=O)O)c1ccc(/C=C2/CCNC2)cc1. The number of carbonyl (C=O) groups excluding carboxylic acids is 1. The van der Waals surface area contributed by atoms with Crippen LogP contribution in [0.25, 0.3) is 17.2 Å². The predicted octanol–water partition coefficient (Wildman–Crippen LogP) is 7.03. The lowest BCUT2D eigenvalue weighted by atomic mass is 9.96. The molecule has 1 aliphatic carbocycles. The molecule has 4 aromatic carbocycles. The van der Waals surface area contributed by atoms with Crippen molar-refractivity contribution in [2.24, 2.45) is 0 Å². The molecule has 0 spiro atoms. The third-order valence-corrected chi connectivity index (χ3v) is 7.52. The molecule has 2 aliphatic rings. The molecule has 0 aromatic heterocycles. The summed E-state index contributed by atoms with van der Waals surface area (Å²) in [5.41, 5.74) is 8.29. The first-order valence-corrected chi connectivity index (χ1v) is 13.2. The van der Waals surface area contributed by atoms with E-state index in [1.54, 1.807) is 36.4 Å². The highest BCUT2D eigenvalue weighted by Gasteiger charge is 2.32. The predicted molar refractivity (Wildman–Crippen MR) is 163 cm³/mol. The maximum atomic E-state index is 13.2. The number of carbonyl (C=O) groups is 2. The van der Waals surface area contributed by atoms with Crippen molar-refractivity contribution in [1.82, 2.24) is 5.32 Å². The quantitative estimate of drug-likeness (QED) is 0.240. The fourth-order valence-electron chi connectivity index (χ4n) is 5.60. The summed E-state index contributed by atoms with van der Waals surface area (Å²) < 4.78 is 0. The van der Waals surface area contributed by atoms with E-state index in [9.17, 15) is 14.7 Å². The van der Waals surface area contributed by atoms with Gasteiger partial charge in [0.05, 0.1) is 11.4 Å². The summed E-state index contributed by atoms with van der Waals surface area (Å²) in [5, 5.41) is 16.6. The smallest absolute Gasteiger partial charge is 0.411 e. The molecule has 0 radical (unpaired) electrons. The summed E-state index contributed by atoms with van der Waals surface area (Å²) in [6, 6.07) is 30.8. The van der Waals surface area contributed by atoms with Crippen molar-refractivity contribution < 1.29 is 14.7 Å². The molecule has 4 aromatic rings. The van der Waals surface area contributed by atoms with E-state index in [-0.39, 0.29) is 30.8 Å². The van der Waals surface area contributed by atoms with Crippen LogP contribution in [0.5, 0.6) is 0 Å². The summed E-state index contributed by atoms with van der Waals surface area (Å²) in [4.78, 5) is 27.1. The highest BCUT2D eigenvalue weighted by Crippen LogP contribution is 2.45. The van der Waals surface area contributed by atoms with Crippen LogP contribution in [0.2, 0.25) is 0 Å². The zero-order valence-electron chi connectivity index (χ0n) is 21.8. The standard InChI is InChI=1S/C33H29N3O3.ClH/c37-32(24-15-13-22(14-16-24)19-23-17-18-34-20-23)35-30-11-5-6-12-31(30)36(33(38)39)21-29-27-9-3-1-7-25(27)26-8-2-4-10-28(26)29;/h1-16,19,29,34H,17-18,20-21H2,(H,35,37)(H,38,39);1H/b23-19-;. The second kappa shape index (κ2) is 11.8. The molecular weight excluding hydrogens is 522 g/mol. The van der Waals surface area contributed by atoms with Gasteiger partial charge in [-0.2, -0.15) is 0 Å². The van der Waals surface area contributed by atoms with Crippen molar-refractivity contribution in [1.29, 1.82) is 0 Å². The summed E-state index contributed by atoms with van der Waals surface area (Å²) in [5.74, 6) is -0.403. The van der Waals surface area contributed by atoms with Crippen LogP contribution in [0, 0.1) is 0 Å². The van der Waals surface area contributed by atoms with Gasteiger partial charge in [-0.1, -0.05) is 84.4 Å². The molecule has 3 N–H and O–H groups in total. The van der Waals surface area contributed by atoms with Gasteiger partial charge in [0.25, 0.3) is 5.91 Å². The fraction of sp³-hybridized carbons (Fsp3) is 0.152. The molecule has 1 saturated heterocycles. The molecule has 1 aliphatic heterocycles. The lowest BCUT2D eigenvalue weighted by Crippen LogP contribution is -2.34. The summed E-state index contributed by atoms with van der Waals surface area (Å²) in [6.07, 6.45) is 2.12. The van der Waals surface area contributed by atoms with Crippen molar-refractivity contribution in [2.75, 3.05) is 29.9 Å². The van der Waals surface area contributed by atoms with Crippen molar-refractivity contribution in [3.63, 3.8) is 0 Å². The molecule has 1 heterocycles. The summed E-state index contributed by atoms with van der Waals surface area (Å²) in [6.45, 7) is 2.13. The molecule has 0 bridgehead atoms. The number of hydrogen-bond acceptors (Lipinski definition) is 3. The van der Waals surface area contributed by atoms with Gasteiger partial charge >= 0.3 is 6.09 Å². The van der Waals surface area contributed by atoms with Gasteiger partial charge in [0.2, 0.25) is 0 Å². The third-order valence-electron chi connectivity index (χ3n) is 7.52. The van der Waals surface area contributed by atoms with Crippen molar-refractivity contribution >= 4 is 41.9 Å². The van der Waals surface area contributed by atoms with Crippen LogP contribution in [0.3, 0.4) is 0 Å². The van der Waals surface area contributed by atoms with E-state index in [0.29, 0.717) is 16.9 Å². The Bertz CT molecular complexity index is 1530. The van der Waals surface area contributed by atoms with Crippen LogP contribution < -0.4 is 15.5 Å². The molecule has 0 atom stereocenters. The number of carboxylic acid groups (broad SMARTS) is 1. The van der Waals surface area contributed by atoms with E-state index in [1.165, 1.54) is 10.5 Å². The zero-order chi connectivity index (χ0) is 26.8. The number of nitrogens with one attached hydrogen (secondary N) is 2. The number of nitrogens with zero attached hydrogens (tertiary/aromatic N) is 1. The Morgan fingerprint density at radius 1 is 0.875 bits per heavy atom. The minimum Gasteiger partial charge on any atom is -0.465 e. The van der Waals surface area contributed by atoms with Gasteiger partial charge in [-0.3, -0.25) is 9.69 Å². The van der Waals surface area contributed by atoms with Gasteiger partial charge in [-0.15, -0.1) is 12.4 Å². The van der Waals surface area contributed by atoms with E-state index in [2.05, 4.69) is 41.0 Å². The Hall–Kier alpha value is -4.39. The summed E-state index contributed by atoms with van der Waals surface area (Å²) in [7, 11) is 0. The monoisotopic (exact) mass is 551 g/mol. The molecule has 0 saturated carbocycles. The van der Waals surface area contributed by atoms with E-state index in [1.807, 2.05) is 36.4 Å². The average Bonchev–Trinajstić information content (AvgIpc) is 3.58. The van der Waals surface area contributed by atoms with Gasteiger partial charge in [0.15, 0.2) is 0 Å². The second-order valence-corrected chi connectivity index (χ2v) is 9.94. The molecule has 0 unspecified atom stereocenters. The number of benzene rings is 4. The molecule has 1 fully saturated rings. The number of para-hydroxylation sites is 2. The van der Waals surface area contributed by atoms with E-state index < -0.39 is 6.09 Å². The Labute approximate surface area is 239 Å². The van der Waals surface area contributed by atoms with Crippen molar-refractivity contribution in [3.8, 4) is 11.1 Å². The van der Waals surface area contributed by atoms with Gasteiger partial charge in [0, 0.05) is 24.6 Å². The normalized spacial score (nSPS) is 14.8. The first-order chi connectivity index (χ1) is 19.1. The van der Waals surface area contributed by atoms with Gasteiger partial charge in [0.1, 0.15) is 0 Å². The molecule has 202 valence electrons. The van der Waals surface area contributed by atoms with Crippen LogP contribution in [0.4, 0.5) is 16.2 Å². The van der Waals surface area contributed by atoms with Crippen LogP contribution >= 0.6 is 12.4 Å². The molecule has 2 amide bonds. The van der Waals surface area contributed by atoms with Crippen molar-refractivity contribution in [2.45, 2.75) is 12.3 Å². The molecule has 7 heteroatoms.